The average molecular weight is 481 g/mol. The van der Waals surface area contributed by atoms with Gasteiger partial charge >= 0.3 is 0 Å². The van der Waals surface area contributed by atoms with Gasteiger partial charge in [-0.25, -0.2) is 8.78 Å². The summed E-state index contributed by atoms with van der Waals surface area (Å²) in [7, 11) is 0. The third-order valence-corrected chi connectivity index (χ3v) is 5.40. The molecule has 0 fully saturated rings. The summed E-state index contributed by atoms with van der Waals surface area (Å²) in [4.78, 5) is 28.2. The van der Waals surface area contributed by atoms with Crippen LogP contribution in [-0.2, 0) is 22.6 Å². The molecule has 3 aromatic carbocycles. The molecule has 0 radical (unpaired) electrons. The molecule has 3 rings (SSSR count). The van der Waals surface area contributed by atoms with Crippen molar-refractivity contribution in [2.24, 2.45) is 5.92 Å². The lowest BCUT2D eigenvalue weighted by Gasteiger charge is -2.31. The third-order valence-electron chi connectivity index (χ3n) is 5.40. The SMILES string of the molecule is CC(C)CNC(=O)C(Cc1ccccc1)N(Cc1ccc(F)cc1)C(=O)COc1ccc(F)cc1. The van der Waals surface area contributed by atoms with Crippen molar-refractivity contribution in [2.45, 2.75) is 32.9 Å². The molecule has 0 saturated heterocycles. The topological polar surface area (TPSA) is 58.6 Å². The molecule has 0 bridgehead atoms. The molecule has 0 spiro atoms. The average Bonchev–Trinajstić information content (AvgIpc) is 2.86. The van der Waals surface area contributed by atoms with Gasteiger partial charge in [-0.1, -0.05) is 56.3 Å². The number of benzene rings is 3. The van der Waals surface area contributed by atoms with E-state index in [2.05, 4.69) is 5.32 Å². The normalized spacial score (nSPS) is 11.7. The number of rotatable bonds is 11. The summed E-state index contributed by atoms with van der Waals surface area (Å²) in [5.41, 5.74) is 1.57. The summed E-state index contributed by atoms with van der Waals surface area (Å²) < 4.78 is 32.3. The largest absolute Gasteiger partial charge is 0.484 e. The van der Waals surface area contributed by atoms with E-state index in [-0.39, 0.29) is 30.8 Å². The van der Waals surface area contributed by atoms with E-state index in [1.807, 2.05) is 44.2 Å². The summed E-state index contributed by atoms with van der Waals surface area (Å²) in [6.07, 6.45) is 0.300. The van der Waals surface area contributed by atoms with E-state index in [9.17, 15) is 18.4 Å². The quantitative estimate of drug-likeness (QED) is 0.431. The highest BCUT2D eigenvalue weighted by Crippen LogP contribution is 2.17. The predicted octanol–water partition coefficient (Wildman–Crippen LogP) is 4.76. The first-order chi connectivity index (χ1) is 16.8. The fourth-order valence-corrected chi connectivity index (χ4v) is 3.52. The Hall–Kier alpha value is -3.74. The van der Waals surface area contributed by atoms with Gasteiger partial charge in [0.1, 0.15) is 23.4 Å². The molecule has 7 heteroatoms. The predicted molar refractivity (Wildman–Crippen MR) is 131 cm³/mol. The number of carbonyl (C=O) groups is 2. The summed E-state index contributed by atoms with van der Waals surface area (Å²) in [6.45, 7) is 4.21. The maximum absolute atomic E-state index is 13.5. The molecule has 0 aliphatic carbocycles. The van der Waals surface area contributed by atoms with Gasteiger partial charge < -0.3 is 15.0 Å². The van der Waals surface area contributed by atoms with Crippen molar-refractivity contribution < 1.29 is 23.1 Å². The number of amides is 2. The Morgan fingerprint density at radius 2 is 1.46 bits per heavy atom. The molecular weight excluding hydrogens is 450 g/mol. The summed E-state index contributed by atoms with van der Waals surface area (Å²) in [5.74, 6) is -0.919. The first-order valence-corrected chi connectivity index (χ1v) is 11.6. The monoisotopic (exact) mass is 480 g/mol. The van der Waals surface area contributed by atoms with Crippen LogP contribution >= 0.6 is 0 Å². The van der Waals surface area contributed by atoms with Crippen LogP contribution in [-0.4, -0.2) is 35.9 Å². The Bertz CT molecular complexity index is 1090. The van der Waals surface area contributed by atoms with Gasteiger partial charge in [0.05, 0.1) is 0 Å². The number of hydrogen-bond donors (Lipinski definition) is 1. The Kier molecular flexibility index (Phi) is 9.35. The number of nitrogens with one attached hydrogen (secondary N) is 1. The van der Waals surface area contributed by atoms with Crippen LogP contribution < -0.4 is 10.1 Å². The van der Waals surface area contributed by atoms with Gasteiger partial charge in [0.25, 0.3) is 5.91 Å². The maximum Gasteiger partial charge on any atom is 0.261 e. The van der Waals surface area contributed by atoms with Crippen LogP contribution in [0.5, 0.6) is 5.75 Å². The first-order valence-electron chi connectivity index (χ1n) is 11.6. The van der Waals surface area contributed by atoms with Crippen LogP contribution in [0.15, 0.2) is 78.9 Å². The van der Waals surface area contributed by atoms with E-state index in [1.165, 1.54) is 41.3 Å². The molecular formula is C28H30F2N2O3. The van der Waals surface area contributed by atoms with Gasteiger partial charge in [0.2, 0.25) is 5.91 Å². The van der Waals surface area contributed by atoms with Crippen molar-refractivity contribution in [3.63, 3.8) is 0 Å². The Morgan fingerprint density at radius 1 is 0.857 bits per heavy atom. The molecule has 0 aliphatic rings. The van der Waals surface area contributed by atoms with E-state index < -0.39 is 17.8 Å². The second-order valence-corrected chi connectivity index (χ2v) is 8.74. The molecule has 35 heavy (non-hydrogen) atoms. The Labute approximate surface area is 204 Å². The molecule has 3 aromatic rings. The molecule has 2 amide bonds. The molecule has 0 saturated carbocycles. The zero-order valence-corrected chi connectivity index (χ0v) is 19.9. The maximum atomic E-state index is 13.5. The van der Waals surface area contributed by atoms with Gasteiger partial charge in [-0.05, 0) is 53.4 Å². The van der Waals surface area contributed by atoms with Crippen LogP contribution in [0.2, 0.25) is 0 Å². The standard InChI is InChI=1S/C28H30F2N2O3/c1-20(2)17-31-28(34)26(16-21-6-4-3-5-7-21)32(18-22-8-10-23(29)11-9-22)27(33)19-35-25-14-12-24(30)13-15-25/h3-15,20,26H,16-19H2,1-2H3,(H,31,34). The van der Waals surface area contributed by atoms with Gasteiger partial charge in [0, 0.05) is 19.5 Å². The van der Waals surface area contributed by atoms with Crippen LogP contribution in [0.3, 0.4) is 0 Å². The zero-order chi connectivity index (χ0) is 25.2. The summed E-state index contributed by atoms with van der Waals surface area (Å²) in [5, 5.41) is 2.94. The van der Waals surface area contributed by atoms with E-state index in [0.29, 0.717) is 24.3 Å². The van der Waals surface area contributed by atoms with Crippen LogP contribution in [0.25, 0.3) is 0 Å². The fraction of sp³-hybridized carbons (Fsp3) is 0.286. The Balaban J connectivity index is 1.88. The highest BCUT2D eigenvalue weighted by atomic mass is 19.1. The third kappa shape index (κ3) is 8.21. The molecule has 1 atom stereocenters. The lowest BCUT2D eigenvalue weighted by Crippen LogP contribution is -2.52. The molecule has 0 heterocycles. The van der Waals surface area contributed by atoms with Gasteiger partial charge in [-0.2, -0.15) is 0 Å². The van der Waals surface area contributed by atoms with Crippen LogP contribution in [0, 0.1) is 17.6 Å². The van der Waals surface area contributed by atoms with Crippen molar-refractivity contribution in [1.82, 2.24) is 10.2 Å². The minimum absolute atomic E-state index is 0.0957. The number of carbonyl (C=O) groups excluding carboxylic acids is 2. The van der Waals surface area contributed by atoms with Crippen molar-refractivity contribution in [3.8, 4) is 5.75 Å². The van der Waals surface area contributed by atoms with Crippen molar-refractivity contribution >= 4 is 11.8 Å². The zero-order valence-electron chi connectivity index (χ0n) is 19.9. The lowest BCUT2D eigenvalue weighted by atomic mass is 10.0. The highest BCUT2D eigenvalue weighted by Gasteiger charge is 2.30. The first kappa shape index (κ1) is 25.9. The number of halogens is 2. The number of hydrogen-bond acceptors (Lipinski definition) is 3. The van der Waals surface area contributed by atoms with E-state index >= 15 is 0 Å². The minimum Gasteiger partial charge on any atom is -0.484 e. The van der Waals surface area contributed by atoms with Gasteiger partial charge in [-0.15, -0.1) is 0 Å². The van der Waals surface area contributed by atoms with E-state index in [0.717, 1.165) is 5.56 Å². The summed E-state index contributed by atoms with van der Waals surface area (Å²) in [6, 6.07) is 19.8. The molecule has 184 valence electrons. The van der Waals surface area contributed by atoms with Gasteiger partial charge in [-0.3, -0.25) is 9.59 Å². The lowest BCUT2D eigenvalue weighted by molar-refractivity contribution is -0.142. The second kappa shape index (κ2) is 12.6. The van der Waals surface area contributed by atoms with Crippen LogP contribution in [0.1, 0.15) is 25.0 Å². The van der Waals surface area contributed by atoms with Crippen LogP contribution in [0.4, 0.5) is 8.78 Å². The minimum atomic E-state index is -0.814. The van der Waals surface area contributed by atoms with Gasteiger partial charge in [0.15, 0.2) is 6.61 Å². The second-order valence-electron chi connectivity index (χ2n) is 8.74. The van der Waals surface area contributed by atoms with Crippen molar-refractivity contribution in [3.05, 3.63) is 102 Å². The molecule has 1 unspecified atom stereocenters. The van der Waals surface area contributed by atoms with E-state index in [4.69, 9.17) is 4.74 Å². The van der Waals surface area contributed by atoms with E-state index in [1.54, 1.807) is 12.1 Å². The molecule has 0 aromatic heterocycles. The molecule has 5 nitrogen and oxygen atoms in total. The Morgan fingerprint density at radius 3 is 2.06 bits per heavy atom. The number of ether oxygens (including phenoxy) is 1. The highest BCUT2D eigenvalue weighted by molar-refractivity contribution is 5.88. The van der Waals surface area contributed by atoms with Crippen molar-refractivity contribution in [2.75, 3.05) is 13.2 Å². The summed E-state index contributed by atoms with van der Waals surface area (Å²) >= 11 is 0. The molecule has 0 aliphatic heterocycles. The van der Waals surface area contributed by atoms with Crippen molar-refractivity contribution in [1.29, 1.82) is 0 Å². The smallest absolute Gasteiger partial charge is 0.261 e. The number of nitrogens with zero attached hydrogens (tertiary/aromatic N) is 1. The molecule has 1 N–H and O–H groups in total. The fourth-order valence-electron chi connectivity index (χ4n) is 3.52.